The van der Waals surface area contributed by atoms with Crippen LogP contribution in [0.5, 0.6) is 0 Å². The monoisotopic (exact) mass is 352 g/mol. The summed E-state index contributed by atoms with van der Waals surface area (Å²) >= 11 is 3.52. The van der Waals surface area contributed by atoms with Crippen molar-refractivity contribution in [3.8, 4) is 0 Å². The van der Waals surface area contributed by atoms with Crippen LogP contribution >= 0.6 is 15.9 Å². The van der Waals surface area contributed by atoms with Gasteiger partial charge in [0.1, 0.15) is 0 Å². The van der Waals surface area contributed by atoms with Crippen molar-refractivity contribution in [1.82, 2.24) is 4.90 Å². The van der Waals surface area contributed by atoms with Gasteiger partial charge < -0.3 is 5.73 Å². The fourth-order valence-electron chi connectivity index (χ4n) is 3.54. The second kappa shape index (κ2) is 8.30. The Morgan fingerprint density at radius 2 is 1.81 bits per heavy atom. The van der Waals surface area contributed by atoms with E-state index in [1.54, 1.807) is 0 Å². The molecule has 1 aromatic carbocycles. The highest BCUT2D eigenvalue weighted by Crippen LogP contribution is 2.31. The highest BCUT2D eigenvalue weighted by Gasteiger charge is 2.29. The molecule has 0 aromatic heterocycles. The van der Waals surface area contributed by atoms with Crippen LogP contribution in [0.3, 0.4) is 0 Å². The molecule has 118 valence electrons. The van der Waals surface area contributed by atoms with Gasteiger partial charge in [0.2, 0.25) is 0 Å². The number of halogens is 1. The van der Waals surface area contributed by atoms with E-state index in [2.05, 4.69) is 58.9 Å². The Bertz CT molecular complexity index is 410. The normalized spacial score (nSPS) is 20.4. The Hall–Kier alpha value is -0.380. The lowest BCUT2D eigenvalue weighted by Crippen LogP contribution is -2.44. The zero-order valence-corrected chi connectivity index (χ0v) is 15.0. The number of piperidine rings is 1. The molecule has 2 N–H and O–H groups in total. The highest BCUT2D eigenvalue weighted by atomic mass is 79.9. The molecule has 1 fully saturated rings. The van der Waals surface area contributed by atoms with Gasteiger partial charge in [-0.2, -0.15) is 0 Å². The van der Waals surface area contributed by atoms with Gasteiger partial charge in [0.15, 0.2) is 0 Å². The van der Waals surface area contributed by atoms with E-state index in [1.165, 1.54) is 44.3 Å². The minimum atomic E-state index is 0.217. The topological polar surface area (TPSA) is 29.3 Å². The maximum atomic E-state index is 6.46. The maximum Gasteiger partial charge on any atom is 0.0499 e. The van der Waals surface area contributed by atoms with Crippen molar-refractivity contribution in [1.29, 1.82) is 0 Å². The number of nitrogens with two attached hydrogens (primary N) is 1. The zero-order valence-electron chi connectivity index (χ0n) is 13.4. The molecule has 0 spiro atoms. The van der Waals surface area contributed by atoms with Crippen molar-refractivity contribution in [2.75, 3.05) is 13.1 Å². The van der Waals surface area contributed by atoms with Crippen molar-refractivity contribution in [3.63, 3.8) is 0 Å². The first-order chi connectivity index (χ1) is 10.2. The van der Waals surface area contributed by atoms with Gasteiger partial charge in [-0.25, -0.2) is 0 Å². The molecule has 1 aliphatic heterocycles. The van der Waals surface area contributed by atoms with Crippen molar-refractivity contribution in [3.05, 3.63) is 34.3 Å². The van der Waals surface area contributed by atoms with E-state index < -0.39 is 0 Å². The first kappa shape index (κ1) is 17.0. The average Bonchev–Trinajstić information content (AvgIpc) is 2.51. The van der Waals surface area contributed by atoms with E-state index in [0.29, 0.717) is 6.04 Å². The Morgan fingerprint density at radius 1 is 1.19 bits per heavy atom. The van der Waals surface area contributed by atoms with Crippen LogP contribution in [0, 0.1) is 5.92 Å². The molecule has 0 aliphatic carbocycles. The zero-order chi connectivity index (χ0) is 15.2. The number of nitrogens with zero attached hydrogens (tertiary/aromatic N) is 1. The van der Waals surface area contributed by atoms with Gasteiger partial charge in [0, 0.05) is 16.6 Å². The van der Waals surface area contributed by atoms with Gasteiger partial charge in [-0.3, -0.25) is 4.90 Å². The summed E-state index contributed by atoms with van der Waals surface area (Å²) in [5.74, 6) is 0.926. The van der Waals surface area contributed by atoms with E-state index in [4.69, 9.17) is 5.73 Å². The molecule has 1 heterocycles. The van der Waals surface area contributed by atoms with Gasteiger partial charge in [0.05, 0.1) is 0 Å². The van der Waals surface area contributed by atoms with Crippen LogP contribution in [0.2, 0.25) is 0 Å². The van der Waals surface area contributed by atoms with Crippen molar-refractivity contribution in [2.24, 2.45) is 11.7 Å². The lowest BCUT2D eigenvalue weighted by atomic mass is 9.89. The molecule has 2 atom stereocenters. The molecular formula is C18H29BrN2. The number of likely N-dealkylation sites (tertiary alicyclic amines) is 1. The predicted molar refractivity (Wildman–Crippen MR) is 94.4 cm³/mol. The third-order valence-corrected chi connectivity index (χ3v) is 5.36. The lowest BCUT2D eigenvalue weighted by Gasteiger charge is -2.40. The third-order valence-electron chi connectivity index (χ3n) is 4.83. The summed E-state index contributed by atoms with van der Waals surface area (Å²) in [6.07, 6.45) is 6.39. The van der Waals surface area contributed by atoms with Crippen molar-refractivity contribution in [2.45, 2.75) is 58.0 Å². The Morgan fingerprint density at radius 3 is 2.33 bits per heavy atom. The molecule has 0 radical (unpaired) electrons. The van der Waals surface area contributed by atoms with Gasteiger partial charge in [-0.15, -0.1) is 0 Å². The lowest BCUT2D eigenvalue weighted by molar-refractivity contribution is 0.111. The Kier molecular flexibility index (Phi) is 6.72. The van der Waals surface area contributed by atoms with Crippen LogP contribution in [0.15, 0.2) is 28.7 Å². The van der Waals surface area contributed by atoms with E-state index in [0.717, 1.165) is 16.8 Å². The van der Waals surface area contributed by atoms with Crippen LogP contribution in [-0.2, 0) is 0 Å². The SMILES string of the molecule is CCCC1CCN(C(c2ccc(Br)cc2)C(N)CC)CC1. The second-order valence-corrected chi connectivity index (χ2v) is 7.25. The smallest absolute Gasteiger partial charge is 0.0499 e. The molecule has 2 unspecified atom stereocenters. The van der Waals surface area contributed by atoms with Crippen molar-refractivity contribution < 1.29 is 0 Å². The first-order valence-electron chi connectivity index (χ1n) is 8.40. The van der Waals surface area contributed by atoms with Gasteiger partial charge in [0.25, 0.3) is 0 Å². The second-order valence-electron chi connectivity index (χ2n) is 6.34. The number of hydrogen-bond donors (Lipinski definition) is 1. The molecule has 0 amide bonds. The number of hydrogen-bond acceptors (Lipinski definition) is 2. The fraction of sp³-hybridized carbons (Fsp3) is 0.667. The van der Waals surface area contributed by atoms with Crippen LogP contribution < -0.4 is 5.73 Å². The minimum absolute atomic E-state index is 0.217. The van der Waals surface area contributed by atoms with E-state index in [-0.39, 0.29) is 6.04 Å². The van der Waals surface area contributed by atoms with Crippen LogP contribution in [-0.4, -0.2) is 24.0 Å². The third kappa shape index (κ3) is 4.54. The highest BCUT2D eigenvalue weighted by molar-refractivity contribution is 9.10. The van der Waals surface area contributed by atoms with E-state index in [1.807, 2.05) is 0 Å². The maximum absolute atomic E-state index is 6.46. The Labute approximate surface area is 138 Å². The quantitative estimate of drug-likeness (QED) is 0.800. The van der Waals surface area contributed by atoms with Gasteiger partial charge in [-0.1, -0.05) is 54.8 Å². The van der Waals surface area contributed by atoms with Crippen LogP contribution in [0.25, 0.3) is 0 Å². The molecular weight excluding hydrogens is 324 g/mol. The largest absolute Gasteiger partial charge is 0.326 e. The number of benzene rings is 1. The summed E-state index contributed by atoms with van der Waals surface area (Å²) in [7, 11) is 0. The number of rotatable bonds is 6. The molecule has 0 saturated carbocycles. The Balaban J connectivity index is 2.09. The molecule has 1 aliphatic rings. The van der Waals surface area contributed by atoms with E-state index >= 15 is 0 Å². The van der Waals surface area contributed by atoms with Crippen LogP contribution in [0.4, 0.5) is 0 Å². The summed E-state index contributed by atoms with van der Waals surface area (Å²) in [5.41, 5.74) is 7.82. The van der Waals surface area contributed by atoms with E-state index in [9.17, 15) is 0 Å². The minimum Gasteiger partial charge on any atom is -0.326 e. The molecule has 1 saturated heterocycles. The summed E-state index contributed by atoms with van der Waals surface area (Å²) < 4.78 is 1.14. The summed E-state index contributed by atoms with van der Waals surface area (Å²) in [4.78, 5) is 2.61. The molecule has 1 aromatic rings. The summed E-state index contributed by atoms with van der Waals surface area (Å²) in [6.45, 7) is 6.88. The average molecular weight is 353 g/mol. The fourth-order valence-corrected chi connectivity index (χ4v) is 3.80. The van der Waals surface area contributed by atoms with Crippen LogP contribution in [0.1, 0.15) is 57.6 Å². The molecule has 2 rings (SSSR count). The van der Waals surface area contributed by atoms with Gasteiger partial charge in [-0.05, 0) is 56.0 Å². The van der Waals surface area contributed by atoms with Crippen molar-refractivity contribution >= 4 is 15.9 Å². The predicted octanol–water partition coefficient (Wildman–Crippen LogP) is 4.74. The molecule has 21 heavy (non-hydrogen) atoms. The van der Waals surface area contributed by atoms with Gasteiger partial charge >= 0.3 is 0 Å². The summed E-state index contributed by atoms with van der Waals surface area (Å²) in [5, 5.41) is 0. The standard InChI is InChI=1S/C18H29BrN2/c1-3-5-14-10-12-21(13-11-14)18(17(20)4-2)15-6-8-16(19)9-7-15/h6-9,14,17-18H,3-5,10-13,20H2,1-2H3. The summed E-state index contributed by atoms with van der Waals surface area (Å²) in [6, 6.07) is 9.30. The molecule has 3 heteroatoms. The first-order valence-corrected chi connectivity index (χ1v) is 9.20. The molecule has 0 bridgehead atoms. The molecule has 2 nitrogen and oxygen atoms in total.